The molecule has 4 nitrogen and oxygen atoms in total. The molecule has 1 aromatic heterocycles. The van der Waals surface area contributed by atoms with Crippen LogP contribution in [0.2, 0.25) is 0 Å². The van der Waals surface area contributed by atoms with E-state index in [1.165, 1.54) is 6.42 Å². The van der Waals surface area contributed by atoms with Gasteiger partial charge < -0.3 is 9.47 Å². The number of nitrogens with zero attached hydrogens (tertiary/aromatic N) is 2. The third kappa shape index (κ3) is 3.73. The molecule has 1 atom stereocenters. The molecule has 0 amide bonds. The van der Waals surface area contributed by atoms with Gasteiger partial charge in [-0.05, 0) is 25.6 Å². The van der Waals surface area contributed by atoms with Crippen LogP contribution in [0, 0.1) is 0 Å². The Balaban J connectivity index is 1.53. The number of hydrogen-bond acceptors (Lipinski definition) is 4. The molecule has 3 rings (SSSR count). The maximum absolute atomic E-state index is 5.79. The molecule has 1 aliphatic rings. The molecule has 2 heterocycles. The molecule has 21 heavy (non-hydrogen) atoms. The standard InChI is InChI=1S/C17H20N2O2/c1-19-8-7-15(19)13-21-17-9-16(10-18-11-17)20-12-14-5-3-2-4-6-14/h2-6,9-11,15H,7-8,12-13H2,1H3/t15-/m0/s1. The molecule has 1 saturated heterocycles. The first-order valence-corrected chi connectivity index (χ1v) is 7.26. The lowest BCUT2D eigenvalue weighted by Gasteiger charge is -2.37. The van der Waals surface area contributed by atoms with E-state index in [0.717, 1.165) is 23.6 Å². The number of likely N-dealkylation sites (N-methyl/N-ethyl adjacent to an activating group) is 1. The largest absolute Gasteiger partial charge is 0.490 e. The van der Waals surface area contributed by atoms with Crippen molar-refractivity contribution in [2.24, 2.45) is 0 Å². The maximum Gasteiger partial charge on any atom is 0.141 e. The summed E-state index contributed by atoms with van der Waals surface area (Å²) >= 11 is 0. The Kier molecular flexibility index (Phi) is 4.36. The average molecular weight is 284 g/mol. The van der Waals surface area contributed by atoms with Gasteiger partial charge in [0.25, 0.3) is 0 Å². The zero-order valence-corrected chi connectivity index (χ0v) is 12.2. The second kappa shape index (κ2) is 6.59. The Bertz CT molecular complexity index is 574. The fourth-order valence-electron chi connectivity index (χ4n) is 2.27. The first-order valence-electron chi connectivity index (χ1n) is 7.26. The summed E-state index contributed by atoms with van der Waals surface area (Å²) in [6.45, 7) is 2.41. The summed E-state index contributed by atoms with van der Waals surface area (Å²) in [5, 5.41) is 0. The summed E-state index contributed by atoms with van der Waals surface area (Å²) in [6.07, 6.45) is 4.65. The molecule has 0 N–H and O–H groups in total. The summed E-state index contributed by atoms with van der Waals surface area (Å²) < 4.78 is 11.5. The highest BCUT2D eigenvalue weighted by molar-refractivity contribution is 5.28. The molecule has 0 radical (unpaired) electrons. The molecule has 0 unspecified atom stereocenters. The minimum Gasteiger partial charge on any atom is -0.490 e. The van der Waals surface area contributed by atoms with Crippen molar-refractivity contribution in [3.63, 3.8) is 0 Å². The van der Waals surface area contributed by atoms with Crippen molar-refractivity contribution < 1.29 is 9.47 Å². The lowest BCUT2D eigenvalue weighted by molar-refractivity contribution is 0.0766. The Labute approximate surface area is 125 Å². The Hall–Kier alpha value is -2.07. The van der Waals surface area contributed by atoms with Crippen LogP contribution >= 0.6 is 0 Å². The topological polar surface area (TPSA) is 34.6 Å². The lowest BCUT2D eigenvalue weighted by Crippen LogP contribution is -2.48. The van der Waals surface area contributed by atoms with Crippen molar-refractivity contribution in [2.75, 3.05) is 20.2 Å². The number of pyridine rings is 1. The van der Waals surface area contributed by atoms with Gasteiger partial charge in [-0.2, -0.15) is 0 Å². The van der Waals surface area contributed by atoms with E-state index in [1.54, 1.807) is 12.4 Å². The van der Waals surface area contributed by atoms with Gasteiger partial charge in [-0.1, -0.05) is 30.3 Å². The summed E-state index contributed by atoms with van der Waals surface area (Å²) in [4.78, 5) is 6.47. The predicted molar refractivity (Wildman–Crippen MR) is 81.5 cm³/mol. The highest BCUT2D eigenvalue weighted by atomic mass is 16.5. The zero-order chi connectivity index (χ0) is 14.5. The molecular weight excluding hydrogens is 264 g/mol. The minimum absolute atomic E-state index is 0.527. The Morgan fingerprint density at radius 2 is 1.90 bits per heavy atom. The number of aromatic nitrogens is 1. The molecule has 0 spiro atoms. The van der Waals surface area contributed by atoms with Crippen LogP contribution in [0.5, 0.6) is 11.5 Å². The van der Waals surface area contributed by atoms with Gasteiger partial charge in [-0.3, -0.25) is 9.88 Å². The highest BCUT2D eigenvalue weighted by Crippen LogP contribution is 2.21. The van der Waals surface area contributed by atoms with Gasteiger partial charge in [0.1, 0.15) is 24.7 Å². The second-order valence-electron chi connectivity index (χ2n) is 5.36. The van der Waals surface area contributed by atoms with E-state index in [2.05, 4.69) is 16.9 Å². The van der Waals surface area contributed by atoms with E-state index in [0.29, 0.717) is 19.3 Å². The first kappa shape index (κ1) is 13.9. The van der Waals surface area contributed by atoms with Crippen LogP contribution in [0.1, 0.15) is 12.0 Å². The van der Waals surface area contributed by atoms with Crippen molar-refractivity contribution in [2.45, 2.75) is 19.1 Å². The van der Waals surface area contributed by atoms with E-state index >= 15 is 0 Å². The molecule has 1 aromatic carbocycles. The summed E-state index contributed by atoms with van der Waals surface area (Å²) in [7, 11) is 2.12. The van der Waals surface area contributed by atoms with Crippen molar-refractivity contribution in [1.29, 1.82) is 0 Å². The van der Waals surface area contributed by atoms with Gasteiger partial charge in [0.15, 0.2) is 0 Å². The fraction of sp³-hybridized carbons (Fsp3) is 0.353. The summed E-state index contributed by atoms with van der Waals surface area (Å²) in [5.74, 6) is 1.50. The van der Waals surface area contributed by atoms with Crippen LogP contribution < -0.4 is 9.47 Å². The van der Waals surface area contributed by atoms with Crippen LogP contribution in [0.15, 0.2) is 48.8 Å². The van der Waals surface area contributed by atoms with Gasteiger partial charge in [-0.15, -0.1) is 0 Å². The van der Waals surface area contributed by atoms with E-state index in [4.69, 9.17) is 9.47 Å². The highest BCUT2D eigenvalue weighted by Gasteiger charge is 2.24. The molecule has 2 aromatic rings. The number of likely N-dealkylation sites (tertiary alicyclic amines) is 1. The van der Waals surface area contributed by atoms with Gasteiger partial charge in [0.05, 0.1) is 12.4 Å². The molecule has 0 aliphatic carbocycles. The molecule has 0 saturated carbocycles. The quantitative estimate of drug-likeness (QED) is 0.817. The van der Waals surface area contributed by atoms with Crippen molar-refractivity contribution in [3.05, 3.63) is 54.4 Å². The number of hydrogen-bond donors (Lipinski definition) is 0. The third-order valence-corrected chi connectivity index (χ3v) is 3.82. The fourth-order valence-corrected chi connectivity index (χ4v) is 2.27. The lowest BCUT2D eigenvalue weighted by atomic mass is 10.1. The SMILES string of the molecule is CN1CC[C@H]1COc1cncc(OCc2ccccc2)c1. The third-order valence-electron chi connectivity index (χ3n) is 3.82. The Morgan fingerprint density at radius 3 is 2.57 bits per heavy atom. The minimum atomic E-state index is 0.527. The van der Waals surface area contributed by atoms with Crippen LogP contribution in [0.25, 0.3) is 0 Å². The normalized spacial score (nSPS) is 18.0. The van der Waals surface area contributed by atoms with Gasteiger partial charge in [0.2, 0.25) is 0 Å². The van der Waals surface area contributed by atoms with Crippen molar-refractivity contribution in [3.8, 4) is 11.5 Å². The van der Waals surface area contributed by atoms with E-state index in [9.17, 15) is 0 Å². The van der Waals surface area contributed by atoms with E-state index in [-0.39, 0.29) is 0 Å². The molecule has 1 fully saturated rings. The smallest absolute Gasteiger partial charge is 0.141 e. The number of ether oxygens (including phenoxy) is 2. The average Bonchev–Trinajstić information content (AvgIpc) is 2.53. The molecule has 110 valence electrons. The first-order chi connectivity index (χ1) is 10.3. The maximum atomic E-state index is 5.79. The zero-order valence-electron chi connectivity index (χ0n) is 12.2. The van der Waals surface area contributed by atoms with Gasteiger partial charge >= 0.3 is 0 Å². The van der Waals surface area contributed by atoms with E-state index < -0.39 is 0 Å². The van der Waals surface area contributed by atoms with E-state index in [1.807, 2.05) is 36.4 Å². The molecule has 1 aliphatic heterocycles. The second-order valence-corrected chi connectivity index (χ2v) is 5.36. The van der Waals surface area contributed by atoms with Crippen LogP contribution in [0.4, 0.5) is 0 Å². The number of benzene rings is 1. The predicted octanol–water partition coefficient (Wildman–Crippen LogP) is 2.74. The van der Waals surface area contributed by atoms with Crippen molar-refractivity contribution in [1.82, 2.24) is 9.88 Å². The van der Waals surface area contributed by atoms with Gasteiger partial charge in [0, 0.05) is 12.1 Å². The summed E-state index contributed by atoms with van der Waals surface area (Å²) in [6, 6.07) is 12.5. The van der Waals surface area contributed by atoms with Crippen molar-refractivity contribution >= 4 is 0 Å². The summed E-state index contributed by atoms with van der Waals surface area (Å²) in [5.41, 5.74) is 1.14. The number of rotatable bonds is 6. The monoisotopic (exact) mass is 284 g/mol. The Morgan fingerprint density at radius 1 is 1.14 bits per heavy atom. The molecule has 4 heteroatoms. The molecular formula is C17H20N2O2. The van der Waals surface area contributed by atoms with Crippen LogP contribution in [-0.4, -0.2) is 36.1 Å². The molecule has 0 bridgehead atoms. The van der Waals surface area contributed by atoms with Crippen LogP contribution in [0.3, 0.4) is 0 Å². The van der Waals surface area contributed by atoms with Crippen LogP contribution in [-0.2, 0) is 6.61 Å². The van der Waals surface area contributed by atoms with Gasteiger partial charge in [-0.25, -0.2) is 0 Å².